The number of fused-ring (bicyclic) bond motifs is 3. The van der Waals surface area contributed by atoms with Crippen LogP contribution in [0.3, 0.4) is 0 Å². The minimum absolute atomic E-state index is 0.0479. The average molecular weight is 524 g/mol. The molecule has 0 radical (unpaired) electrons. The molecule has 13 heteroatoms. The number of oxime groups is 1. The standard InChI is InChI=1S/C25H25N5O8/c1-9(2)13-8-30(29-27-13)14-4-5-15(31)17-11(14)6-10-7-12-19(28-38-3)21(33)18(24(26)36)23(35)25(12,37)22(34)16(10)20(17)32/h4-5,8-10,12,31-33,37H,6-7H2,1-3H3,(H2,26,36)/b28-19-/t10-,12-,25-/m0/s1. The van der Waals surface area contributed by atoms with Gasteiger partial charge in [-0.2, -0.15) is 0 Å². The molecule has 5 rings (SSSR count). The molecule has 1 aromatic carbocycles. The van der Waals surface area contributed by atoms with E-state index in [2.05, 4.69) is 15.5 Å². The molecule has 3 aliphatic carbocycles. The number of carbonyl (C=O) groups is 3. The zero-order valence-electron chi connectivity index (χ0n) is 20.7. The van der Waals surface area contributed by atoms with Crippen molar-refractivity contribution in [1.29, 1.82) is 0 Å². The van der Waals surface area contributed by atoms with Gasteiger partial charge in [0, 0.05) is 5.57 Å². The molecule has 1 amide bonds. The zero-order chi connectivity index (χ0) is 27.7. The number of aromatic hydroxyl groups is 1. The number of aliphatic hydroxyl groups excluding tert-OH is 2. The minimum Gasteiger partial charge on any atom is -0.507 e. The Labute approximate surface area is 215 Å². The van der Waals surface area contributed by atoms with Gasteiger partial charge in [0.2, 0.25) is 11.6 Å². The summed E-state index contributed by atoms with van der Waals surface area (Å²) in [5.41, 5.74) is 2.31. The van der Waals surface area contributed by atoms with Crippen LogP contribution in [0.2, 0.25) is 0 Å². The summed E-state index contributed by atoms with van der Waals surface area (Å²) in [4.78, 5) is 43.7. The lowest BCUT2D eigenvalue weighted by atomic mass is 9.58. The summed E-state index contributed by atoms with van der Waals surface area (Å²) < 4.78 is 1.50. The van der Waals surface area contributed by atoms with Crippen molar-refractivity contribution in [2.24, 2.45) is 22.7 Å². The molecule has 1 heterocycles. The van der Waals surface area contributed by atoms with Gasteiger partial charge in [-0.3, -0.25) is 14.4 Å². The highest BCUT2D eigenvalue weighted by Crippen LogP contribution is 2.51. The quantitative estimate of drug-likeness (QED) is 0.215. The van der Waals surface area contributed by atoms with Crippen molar-refractivity contribution in [3.8, 4) is 11.4 Å². The molecule has 3 aliphatic rings. The maximum Gasteiger partial charge on any atom is 0.256 e. The Morgan fingerprint density at radius 3 is 2.53 bits per heavy atom. The number of nitrogens with two attached hydrogens (primary N) is 1. The largest absolute Gasteiger partial charge is 0.507 e. The molecule has 13 nitrogen and oxygen atoms in total. The Hall–Kier alpha value is -4.52. The molecule has 38 heavy (non-hydrogen) atoms. The number of rotatable bonds is 4. The van der Waals surface area contributed by atoms with Crippen LogP contribution in [-0.2, 0) is 25.6 Å². The molecule has 0 aliphatic heterocycles. The van der Waals surface area contributed by atoms with Crippen LogP contribution in [0.5, 0.6) is 5.75 Å². The lowest BCUT2D eigenvalue weighted by Crippen LogP contribution is -2.64. The SMILES string of the molecule is CO/N=C1\C(O)=C(C(N)=O)C(=O)[C@@]2(O)C(=O)C3=C(O)c4c(O)ccc(-n5cc(C(C)C)nn5)c4C[C@H]3C[C@@H]12. The zero-order valence-corrected chi connectivity index (χ0v) is 20.7. The number of amides is 1. The fourth-order valence-corrected chi connectivity index (χ4v) is 5.55. The molecule has 0 bridgehead atoms. The van der Waals surface area contributed by atoms with E-state index in [0.717, 1.165) is 12.8 Å². The molecule has 1 saturated carbocycles. The summed E-state index contributed by atoms with van der Waals surface area (Å²) in [5, 5.41) is 56.1. The third kappa shape index (κ3) is 3.28. The number of aliphatic hydroxyl groups is 3. The number of ketones is 2. The predicted octanol–water partition coefficient (Wildman–Crippen LogP) is 0.740. The Morgan fingerprint density at radius 2 is 1.92 bits per heavy atom. The second-order valence-electron chi connectivity index (χ2n) is 9.82. The van der Waals surface area contributed by atoms with Gasteiger partial charge in [-0.25, -0.2) is 4.68 Å². The Bertz CT molecular complexity index is 1520. The van der Waals surface area contributed by atoms with Gasteiger partial charge in [-0.1, -0.05) is 24.2 Å². The van der Waals surface area contributed by atoms with Gasteiger partial charge in [0.25, 0.3) is 5.91 Å². The van der Waals surface area contributed by atoms with E-state index in [-0.39, 0.29) is 35.6 Å². The van der Waals surface area contributed by atoms with Crippen LogP contribution in [-0.4, -0.2) is 71.3 Å². The van der Waals surface area contributed by atoms with E-state index < -0.39 is 57.7 Å². The molecule has 6 N–H and O–H groups in total. The summed E-state index contributed by atoms with van der Waals surface area (Å²) in [6.45, 7) is 3.91. The summed E-state index contributed by atoms with van der Waals surface area (Å²) in [5.74, 6) is -7.88. The normalized spacial score (nSPS) is 26.0. The first-order valence-corrected chi connectivity index (χ1v) is 11.8. The second kappa shape index (κ2) is 8.52. The molecule has 0 saturated heterocycles. The highest BCUT2D eigenvalue weighted by atomic mass is 16.6. The number of phenols is 1. The topological polar surface area (TPSA) is 210 Å². The number of hydrogen-bond donors (Lipinski definition) is 5. The van der Waals surface area contributed by atoms with E-state index in [4.69, 9.17) is 10.6 Å². The van der Waals surface area contributed by atoms with Crippen molar-refractivity contribution in [2.45, 2.75) is 38.2 Å². The van der Waals surface area contributed by atoms with Crippen molar-refractivity contribution in [1.82, 2.24) is 15.0 Å². The molecule has 0 unspecified atom stereocenters. The third-order valence-electron chi connectivity index (χ3n) is 7.40. The van der Waals surface area contributed by atoms with Gasteiger partial charge in [0.1, 0.15) is 29.9 Å². The van der Waals surface area contributed by atoms with Gasteiger partial charge < -0.3 is 31.0 Å². The van der Waals surface area contributed by atoms with Gasteiger partial charge in [-0.05, 0) is 42.4 Å². The third-order valence-corrected chi connectivity index (χ3v) is 7.40. The van der Waals surface area contributed by atoms with Crippen LogP contribution < -0.4 is 5.73 Å². The van der Waals surface area contributed by atoms with Crippen LogP contribution >= 0.6 is 0 Å². The summed E-state index contributed by atoms with van der Waals surface area (Å²) in [6.07, 6.45) is 1.67. The maximum atomic E-state index is 13.8. The number of hydrogen-bond acceptors (Lipinski definition) is 11. The van der Waals surface area contributed by atoms with E-state index in [1.165, 1.54) is 10.7 Å². The van der Waals surface area contributed by atoms with Crippen LogP contribution in [0.1, 0.15) is 43.0 Å². The van der Waals surface area contributed by atoms with Gasteiger partial charge in [0.05, 0.1) is 29.1 Å². The Balaban J connectivity index is 1.71. The Morgan fingerprint density at radius 1 is 1.21 bits per heavy atom. The molecule has 1 fully saturated rings. The second-order valence-corrected chi connectivity index (χ2v) is 9.82. The number of carbonyl (C=O) groups excluding carboxylic acids is 3. The molecular weight excluding hydrogens is 498 g/mol. The van der Waals surface area contributed by atoms with Gasteiger partial charge in [0.15, 0.2) is 11.4 Å². The maximum absolute atomic E-state index is 13.8. The number of aromatic nitrogens is 3. The van der Waals surface area contributed by atoms with Crippen LogP contribution in [0.25, 0.3) is 11.4 Å². The fraction of sp³-hybridized carbons (Fsp3) is 0.360. The first-order valence-electron chi connectivity index (χ1n) is 11.8. The number of nitrogens with zero attached hydrogens (tertiary/aromatic N) is 4. The molecule has 198 valence electrons. The van der Waals surface area contributed by atoms with E-state index in [1.54, 1.807) is 12.3 Å². The number of phenolic OH excluding ortho intramolecular Hbond substituents is 1. The average Bonchev–Trinajstić information content (AvgIpc) is 3.34. The fourth-order valence-electron chi connectivity index (χ4n) is 5.55. The molecule has 2 aromatic rings. The monoisotopic (exact) mass is 523 g/mol. The van der Waals surface area contributed by atoms with Gasteiger partial charge in [-0.15, -0.1) is 5.10 Å². The van der Waals surface area contributed by atoms with Crippen molar-refractivity contribution < 1.29 is 39.6 Å². The minimum atomic E-state index is -2.89. The first-order chi connectivity index (χ1) is 17.9. The lowest BCUT2D eigenvalue weighted by Gasteiger charge is -2.45. The summed E-state index contributed by atoms with van der Waals surface area (Å²) in [7, 11) is 1.15. The molecule has 0 spiro atoms. The Kier molecular flexibility index (Phi) is 5.63. The smallest absolute Gasteiger partial charge is 0.256 e. The number of Topliss-reactive ketones (excluding diaryl/α,β-unsaturated/α-hetero) is 2. The first kappa shape index (κ1) is 25.1. The summed E-state index contributed by atoms with van der Waals surface area (Å²) >= 11 is 0. The predicted molar refractivity (Wildman–Crippen MR) is 130 cm³/mol. The van der Waals surface area contributed by atoms with E-state index in [1.807, 2.05) is 13.8 Å². The van der Waals surface area contributed by atoms with Crippen LogP contribution in [0.15, 0.2) is 40.4 Å². The summed E-state index contributed by atoms with van der Waals surface area (Å²) in [6, 6.07) is 2.93. The molecular formula is C25H25N5O8. The highest BCUT2D eigenvalue weighted by Gasteiger charge is 2.64. The highest BCUT2D eigenvalue weighted by molar-refractivity contribution is 6.38. The van der Waals surface area contributed by atoms with Crippen molar-refractivity contribution in [2.75, 3.05) is 7.11 Å². The van der Waals surface area contributed by atoms with Crippen LogP contribution in [0.4, 0.5) is 0 Å². The number of allylic oxidation sites excluding steroid dienone is 1. The number of benzene rings is 1. The lowest BCUT2D eigenvalue weighted by molar-refractivity contribution is -0.153. The van der Waals surface area contributed by atoms with E-state index in [0.29, 0.717) is 11.3 Å². The van der Waals surface area contributed by atoms with Crippen LogP contribution in [0, 0.1) is 11.8 Å². The van der Waals surface area contributed by atoms with E-state index >= 15 is 0 Å². The van der Waals surface area contributed by atoms with Crippen molar-refractivity contribution in [3.63, 3.8) is 0 Å². The number of primary amides is 1. The van der Waals surface area contributed by atoms with Crippen molar-refractivity contribution in [3.05, 3.63) is 52.1 Å². The van der Waals surface area contributed by atoms with E-state index in [9.17, 15) is 34.8 Å². The molecule has 1 aromatic heterocycles. The van der Waals surface area contributed by atoms with Gasteiger partial charge >= 0.3 is 0 Å². The molecule has 3 atom stereocenters. The van der Waals surface area contributed by atoms with Crippen molar-refractivity contribution >= 4 is 28.9 Å².